The lowest BCUT2D eigenvalue weighted by Crippen LogP contribution is -2.54. The number of nitrogens with one attached hydrogen (secondary N) is 1. The van der Waals surface area contributed by atoms with Crippen LogP contribution in [0.15, 0.2) is 30.3 Å². The van der Waals surface area contributed by atoms with Crippen LogP contribution in [0.5, 0.6) is 0 Å². The van der Waals surface area contributed by atoms with Crippen LogP contribution in [0.4, 0.5) is 0 Å². The van der Waals surface area contributed by atoms with Crippen LogP contribution in [0, 0.1) is 0 Å². The van der Waals surface area contributed by atoms with E-state index in [-0.39, 0.29) is 18.9 Å². The molecule has 1 aromatic heterocycles. The molecule has 1 aromatic carbocycles. The first-order valence-corrected chi connectivity index (χ1v) is 8.00. The predicted molar refractivity (Wildman–Crippen MR) is 86.4 cm³/mol. The zero-order valence-corrected chi connectivity index (χ0v) is 13.6. The van der Waals surface area contributed by atoms with Gasteiger partial charge in [0.1, 0.15) is 6.54 Å². The molecule has 0 radical (unpaired) electrons. The predicted octanol–water partition coefficient (Wildman–Crippen LogP) is 0.480. The Bertz CT molecular complexity index is 740. The van der Waals surface area contributed by atoms with Gasteiger partial charge in [-0.25, -0.2) is 0 Å². The number of hydrogen-bond donors (Lipinski definition) is 2. The van der Waals surface area contributed by atoms with E-state index < -0.39 is 11.5 Å². The number of aromatic nitrogens is 4. The lowest BCUT2D eigenvalue weighted by molar-refractivity contribution is -0.140. The van der Waals surface area contributed by atoms with Gasteiger partial charge in [0, 0.05) is 18.8 Å². The summed E-state index contributed by atoms with van der Waals surface area (Å²) in [4.78, 5) is 24.7. The largest absolute Gasteiger partial charge is 0.481 e. The van der Waals surface area contributed by atoms with Crippen LogP contribution >= 0.6 is 0 Å². The summed E-state index contributed by atoms with van der Waals surface area (Å²) in [6.45, 7) is 0.725. The fourth-order valence-electron chi connectivity index (χ4n) is 2.87. The van der Waals surface area contributed by atoms with Gasteiger partial charge in [0.05, 0.1) is 12.0 Å². The smallest absolute Gasteiger partial charge is 0.305 e. The second-order valence-electron chi connectivity index (χ2n) is 6.02. The summed E-state index contributed by atoms with van der Waals surface area (Å²) < 4.78 is 5.27. The summed E-state index contributed by atoms with van der Waals surface area (Å²) in [7, 11) is 0. The van der Waals surface area contributed by atoms with Crippen molar-refractivity contribution in [3.63, 3.8) is 0 Å². The molecule has 1 aliphatic rings. The van der Waals surface area contributed by atoms with E-state index in [1.54, 1.807) is 0 Å². The van der Waals surface area contributed by atoms with E-state index in [9.17, 15) is 9.59 Å². The molecular formula is C16H19N5O4. The Morgan fingerprint density at radius 3 is 2.64 bits per heavy atom. The van der Waals surface area contributed by atoms with Crippen LogP contribution in [-0.4, -0.2) is 55.9 Å². The number of nitrogens with zero attached hydrogens (tertiary/aromatic N) is 4. The van der Waals surface area contributed by atoms with Crippen molar-refractivity contribution in [2.75, 3.05) is 13.2 Å². The summed E-state index contributed by atoms with van der Waals surface area (Å²) in [5, 5.41) is 24.0. The number of amides is 1. The highest BCUT2D eigenvalue weighted by Crippen LogP contribution is 2.24. The van der Waals surface area contributed by atoms with Gasteiger partial charge in [-0.1, -0.05) is 30.3 Å². The highest BCUT2D eigenvalue weighted by molar-refractivity contribution is 5.78. The molecule has 1 amide bonds. The molecule has 132 valence electrons. The summed E-state index contributed by atoms with van der Waals surface area (Å²) in [5.74, 6) is -0.868. The maximum Gasteiger partial charge on any atom is 0.305 e. The van der Waals surface area contributed by atoms with Crippen molar-refractivity contribution in [1.29, 1.82) is 0 Å². The monoisotopic (exact) mass is 345 g/mol. The molecule has 0 atom stereocenters. The number of ether oxygens (including phenoxy) is 1. The van der Waals surface area contributed by atoms with E-state index in [2.05, 4.69) is 20.7 Å². The van der Waals surface area contributed by atoms with Crippen LogP contribution < -0.4 is 5.32 Å². The van der Waals surface area contributed by atoms with Gasteiger partial charge in [0.2, 0.25) is 11.7 Å². The fourth-order valence-corrected chi connectivity index (χ4v) is 2.87. The normalized spacial score (nSPS) is 16.3. The molecule has 0 unspecified atom stereocenters. The van der Waals surface area contributed by atoms with Crippen molar-refractivity contribution in [3.8, 4) is 11.4 Å². The van der Waals surface area contributed by atoms with Crippen molar-refractivity contribution in [1.82, 2.24) is 25.5 Å². The average molecular weight is 345 g/mol. The molecule has 2 aromatic rings. The van der Waals surface area contributed by atoms with E-state index in [0.29, 0.717) is 31.9 Å². The van der Waals surface area contributed by atoms with Gasteiger partial charge >= 0.3 is 5.97 Å². The summed E-state index contributed by atoms with van der Waals surface area (Å²) in [6, 6.07) is 9.32. The number of aliphatic carboxylic acids is 1. The number of tetrazole rings is 1. The van der Waals surface area contributed by atoms with E-state index in [0.717, 1.165) is 5.56 Å². The number of carbonyl (C=O) groups excluding carboxylic acids is 1. The van der Waals surface area contributed by atoms with E-state index in [1.165, 1.54) is 4.80 Å². The molecule has 1 aliphatic heterocycles. The molecule has 1 saturated heterocycles. The van der Waals surface area contributed by atoms with Crippen LogP contribution in [0.3, 0.4) is 0 Å². The van der Waals surface area contributed by atoms with Crippen molar-refractivity contribution >= 4 is 11.9 Å². The molecule has 0 spiro atoms. The molecule has 0 saturated carbocycles. The molecule has 2 N–H and O–H groups in total. The zero-order chi connectivity index (χ0) is 17.7. The topological polar surface area (TPSA) is 119 Å². The van der Waals surface area contributed by atoms with Gasteiger partial charge in [-0.05, 0) is 18.1 Å². The highest BCUT2D eigenvalue weighted by atomic mass is 16.5. The standard InChI is InChI=1S/C16H19N5O4/c22-13(17-16(10-14(23)24)6-8-25-9-7-16)11-21-19-15(18-20-21)12-4-2-1-3-5-12/h1-5H,6-11H2,(H,17,22)(H,23,24). The number of hydrogen-bond acceptors (Lipinski definition) is 6. The molecule has 2 heterocycles. The Hall–Kier alpha value is -2.81. The Morgan fingerprint density at radius 2 is 1.96 bits per heavy atom. The van der Waals surface area contributed by atoms with Gasteiger partial charge in [0.15, 0.2) is 0 Å². The van der Waals surface area contributed by atoms with Gasteiger partial charge in [-0.15, -0.1) is 10.2 Å². The van der Waals surface area contributed by atoms with Gasteiger partial charge in [-0.2, -0.15) is 4.80 Å². The second-order valence-corrected chi connectivity index (χ2v) is 6.02. The lowest BCUT2D eigenvalue weighted by Gasteiger charge is -2.36. The van der Waals surface area contributed by atoms with Crippen molar-refractivity contribution in [2.45, 2.75) is 31.3 Å². The van der Waals surface area contributed by atoms with Crippen molar-refractivity contribution in [2.24, 2.45) is 0 Å². The first kappa shape index (κ1) is 17.0. The van der Waals surface area contributed by atoms with Crippen LogP contribution in [0.2, 0.25) is 0 Å². The third kappa shape index (κ3) is 4.38. The SMILES string of the molecule is O=C(O)CC1(NC(=O)Cn2nnc(-c3ccccc3)n2)CCOCC1. The molecule has 0 aliphatic carbocycles. The molecule has 9 heteroatoms. The van der Waals surface area contributed by atoms with Crippen molar-refractivity contribution in [3.05, 3.63) is 30.3 Å². The Kier molecular flexibility index (Phi) is 5.03. The number of carboxylic acid groups (broad SMARTS) is 1. The maximum absolute atomic E-state index is 12.3. The third-order valence-electron chi connectivity index (χ3n) is 4.11. The summed E-state index contributed by atoms with van der Waals surface area (Å²) >= 11 is 0. The first-order chi connectivity index (χ1) is 12.1. The average Bonchev–Trinajstić information content (AvgIpc) is 3.04. The lowest BCUT2D eigenvalue weighted by atomic mass is 9.86. The Labute approximate surface area is 144 Å². The molecular weight excluding hydrogens is 326 g/mol. The number of carbonyl (C=O) groups is 2. The summed E-state index contributed by atoms with van der Waals surface area (Å²) in [6.07, 6.45) is 0.790. The number of carboxylic acids is 1. The van der Waals surface area contributed by atoms with E-state index in [1.807, 2.05) is 30.3 Å². The quantitative estimate of drug-likeness (QED) is 0.781. The fraction of sp³-hybridized carbons (Fsp3) is 0.438. The minimum absolute atomic E-state index is 0.123. The minimum atomic E-state index is -0.951. The van der Waals surface area contributed by atoms with Crippen LogP contribution in [-0.2, 0) is 20.9 Å². The van der Waals surface area contributed by atoms with Crippen molar-refractivity contribution < 1.29 is 19.4 Å². The van der Waals surface area contributed by atoms with Gasteiger partial charge in [0.25, 0.3) is 0 Å². The number of rotatable bonds is 6. The number of benzene rings is 1. The first-order valence-electron chi connectivity index (χ1n) is 8.00. The molecule has 25 heavy (non-hydrogen) atoms. The van der Waals surface area contributed by atoms with E-state index >= 15 is 0 Å². The minimum Gasteiger partial charge on any atom is -0.481 e. The third-order valence-corrected chi connectivity index (χ3v) is 4.11. The molecule has 3 rings (SSSR count). The maximum atomic E-state index is 12.3. The summed E-state index contributed by atoms with van der Waals surface area (Å²) in [5.41, 5.74) is 0.0187. The Morgan fingerprint density at radius 1 is 1.24 bits per heavy atom. The van der Waals surface area contributed by atoms with E-state index in [4.69, 9.17) is 9.84 Å². The molecule has 0 bridgehead atoms. The van der Waals surface area contributed by atoms with Gasteiger partial charge < -0.3 is 15.2 Å². The van der Waals surface area contributed by atoms with Gasteiger partial charge in [-0.3, -0.25) is 9.59 Å². The van der Waals surface area contributed by atoms with Crippen LogP contribution in [0.25, 0.3) is 11.4 Å². The highest BCUT2D eigenvalue weighted by Gasteiger charge is 2.36. The second kappa shape index (κ2) is 7.39. The molecule has 9 nitrogen and oxygen atoms in total. The van der Waals surface area contributed by atoms with Crippen LogP contribution in [0.1, 0.15) is 19.3 Å². The Balaban J connectivity index is 1.65. The zero-order valence-electron chi connectivity index (χ0n) is 13.6. The molecule has 1 fully saturated rings.